The average Bonchev–Trinajstić information content (AvgIpc) is 2.67. The predicted octanol–water partition coefficient (Wildman–Crippen LogP) is 2.36. The smallest absolute Gasteiger partial charge is 0.267 e. The lowest BCUT2D eigenvalue weighted by atomic mass is 10.1. The van der Waals surface area contributed by atoms with E-state index in [1.54, 1.807) is 12.1 Å². The zero-order valence-electron chi connectivity index (χ0n) is 13.7. The molecule has 1 heterocycles. The predicted molar refractivity (Wildman–Crippen MR) is 95.5 cm³/mol. The SMILES string of the molecule is O=C(NCCOc1ccccc1)C1=NN(c2ccccc2)C(=O)CC1. The van der Waals surface area contributed by atoms with E-state index in [9.17, 15) is 9.59 Å². The number of anilines is 1. The summed E-state index contributed by atoms with van der Waals surface area (Å²) in [7, 11) is 0. The van der Waals surface area contributed by atoms with Gasteiger partial charge in [-0.2, -0.15) is 5.10 Å². The Bertz CT molecular complexity index is 760. The topological polar surface area (TPSA) is 71.0 Å². The maximum atomic E-state index is 12.3. The number of nitrogens with one attached hydrogen (secondary N) is 1. The maximum absolute atomic E-state index is 12.3. The molecule has 2 aromatic carbocycles. The quantitative estimate of drug-likeness (QED) is 0.823. The van der Waals surface area contributed by atoms with E-state index in [1.807, 2.05) is 48.5 Å². The minimum absolute atomic E-state index is 0.116. The fourth-order valence-electron chi connectivity index (χ4n) is 2.44. The summed E-state index contributed by atoms with van der Waals surface area (Å²) in [6, 6.07) is 18.5. The number of ether oxygens (including phenoxy) is 1. The largest absolute Gasteiger partial charge is 0.492 e. The highest BCUT2D eigenvalue weighted by atomic mass is 16.5. The maximum Gasteiger partial charge on any atom is 0.267 e. The molecule has 0 aromatic heterocycles. The van der Waals surface area contributed by atoms with E-state index in [2.05, 4.69) is 10.4 Å². The van der Waals surface area contributed by atoms with Crippen LogP contribution in [-0.4, -0.2) is 30.7 Å². The highest BCUT2D eigenvalue weighted by Gasteiger charge is 2.25. The van der Waals surface area contributed by atoms with Crippen molar-refractivity contribution < 1.29 is 14.3 Å². The van der Waals surface area contributed by atoms with Crippen LogP contribution < -0.4 is 15.1 Å². The molecule has 0 aliphatic carbocycles. The van der Waals surface area contributed by atoms with Crippen molar-refractivity contribution in [3.63, 3.8) is 0 Å². The van der Waals surface area contributed by atoms with E-state index < -0.39 is 0 Å². The van der Waals surface area contributed by atoms with E-state index in [0.717, 1.165) is 5.75 Å². The second kappa shape index (κ2) is 8.10. The van der Waals surface area contributed by atoms with Crippen LogP contribution >= 0.6 is 0 Å². The van der Waals surface area contributed by atoms with Crippen LogP contribution in [0.25, 0.3) is 0 Å². The summed E-state index contributed by atoms with van der Waals surface area (Å²) in [4.78, 5) is 24.3. The Morgan fingerprint density at radius 1 is 1.04 bits per heavy atom. The fourth-order valence-corrected chi connectivity index (χ4v) is 2.44. The molecule has 2 aromatic rings. The van der Waals surface area contributed by atoms with Crippen molar-refractivity contribution >= 4 is 23.2 Å². The number of carbonyl (C=O) groups is 2. The molecule has 0 radical (unpaired) electrons. The molecule has 0 bridgehead atoms. The van der Waals surface area contributed by atoms with E-state index in [-0.39, 0.29) is 18.2 Å². The van der Waals surface area contributed by atoms with Gasteiger partial charge in [-0.05, 0) is 24.3 Å². The molecule has 0 saturated carbocycles. The summed E-state index contributed by atoms with van der Waals surface area (Å²) in [6.45, 7) is 0.733. The molecule has 6 nitrogen and oxygen atoms in total. The first-order valence-electron chi connectivity index (χ1n) is 8.15. The molecular weight excluding hydrogens is 318 g/mol. The number of hydrogen-bond acceptors (Lipinski definition) is 4. The van der Waals surface area contributed by atoms with E-state index in [0.29, 0.717) is 31.0 Å². The summed E-state index contributed by atoms with van der Waals surface area (Å²) in [5, 5.41) is 8.28. The van der Waals surface area contributed by atoms with Crippen LogP contribution in [0.2, 0.25) is 0 Å². The molecule has 0 spiro atoms. The van der Waals surface area contributed by atoms with Gasteiger partial charge in [0.1, 0.15) is 18.1 Å². The van der Waals surface area contributed by atoms with Crippen LogP contribution in [0.5, 0.6) is 5.75 Å². The molecule has 2 amide bonds. The number of nitrogens with zero attached hydrogens (tertiary/aromatic N) is 2. The molecule has 1 aliphatic heterocycles. The van der Waals surface area contributed by atoms with Gasteiger partial charge in [0, 0.05) is 12.8 Å². The number of hydrogen-bond donors (Lipinski definition) is 1. The van der Waals surface area contributed by atoms with E-state index in [1.165, 1.54) is 5.01 Å². The Morgan fingerprint density at radius 2 is 1.72 bits per heavy atom. The Balaban J connectivity index is 1.55. The molecular formula is C19H19N3O3. The first kappa shape index (κ1) is 16.7. The third-order valence-corrected chi connectivity index (χ3v) is 3.70. The molecule has 128 valence electrons. The summed E-state index contributed by atoms with van der Waals surface area (Å²) in [5.41, 5.74) is 1.01. The van der Waals surface area contributed by atoms with Crippen LogP contribution in [0.4, 0.5) is 5.69 Å². The van der Waals surface area contributed by atoms with Gasteiger partial charge in [-0.15, -0.1) is 0 Å². The van der Waals surface area contributed by atoms with Crippen LogP contribution in [0.15, 0.2) is 65.8 Å². The molecule has 25 heavy (non-hydrogen) atoms. The van der Waals surface area contributed by atoms with Gasteiger partial charge >= 0.3 is 0 Å². The Morgan fingerprint density at radius 3 is 2.44 bits per heavy atom. The molecule has 0 saturated heterocycles. The molecule has 6 heteroatoms. The highest BCUT2D eigenvalue weighted by molar-refractivity contribution is 6.40. The number of para-hydroxylation sites is 2. The molecule has 0 atom stereocenters. The van der Waals surface area contributed by atoms with Crippen molar-refractivity contribution in [2.45, 2.75) is 12.8 Å². The molecule has 1 N–H and O–H groups in total. The second-order valence-corrected chi connectivity index (χ2v) is 5.51. The van der Waals surface area contributed by atoms with Gasteiger partial charge < -0.3 is 10.1 Å². The monoisotopic (exact) mass is 337 g/mol. The number of carbonyl (C=O) groups excluding carboxylic acids is 2. The van der Waals surface area contributed by atoms with Crippen LogP contribution in [0, 0.1) is 0 Å². The van der Waals surface area contributed by atoms with Crippen molar-refractivity contribution in [3.05, 3.63) is 60.7 Å². The summed E-state index contributed by atoms with van der Waals surface area (Å²) in [6.07, 6.45) is 0.606. The average molecular weight is 337 g/mol. The third kappa shape index (κ3) is 4.44. The van der Waals surface area contributed by atoms with Crippen LogP contribution in [0.3, 0.4) is 0 Å². The lowest BCUT2D eigenvalue weighted by Crippen LogP contribution is -2.40. The minimum Gasteiger partial charge on any atom is -0.492 e. The number of benzene rings is 2. The van der Waals surface area contributed by atoms with Gasteiger partial charge in [-0.1, -0.05) is 36.4 Å². The minimum atomic E-state index is -0.273. The standard InChI is InChI=1S/C19H19N3O3/c23-18-12-11-17(21-22(18)15-7-3-1-4-8-15)19(24)20-13-14-25-16-9-5-2-6-10-16/h1-10H,11-14H2,(H,20,24). The van der Waals surface area contributed by atoms with Crippen molar-refractivity contribution in [1.29, 1.82) is 0 Å². The van der Waals surface area contributed by atoms with Crippen molar-refractivity contribution in [2.75, 3.05) is 18.2 Å². The van der Waals surface area contributed by atoms with Gasteiger partial charge in [0.25, 0.3) is 5.91 Å². The number of rotatable bonds is 6. The van der Waals surface area contributed by atoms with E-state index in [4.69, 9.17) is 4.74 Å². The number of amides is 2. The van der Waals surface area contributed by atoms with Gasteiger partial charge in [-0.25, -0.2) is 5.01 Å². The Hall–Kier alpha value is -3.15. The second-order valence-electron chi connectivity index (χ2n) is 5.51. The lowest BCUT2D eigenvalue weighted by molar-refractivity contribution is -0.118. The Kier molecular flexibility index (Phi) is 5.41. The highest BCUT2D eigenvalue weighted by Crippen LogP contribution is 2.19. The molecule has 3 rings (SSSR count). The summed E-state index contributed by atoms with van der Waals surface area (Å²) >= 11 is 0. The number of hydrazone groups is 1. The normalized spacial score (nSPS) is 14.0. The lowest BCUT2D eigenvalue weighted by Gasteiger charge is -2.23. The summed E-state index contributed by atoms with van der Waals surface area (Å²) < 4.78 is 5.53. The first-order chi connectivity index (χ1) is 12.2. The van der Waals surface area contributed by atoms with E-state index >= 15 is 0 Å². The van der Waals surface area contributed by atoms with Gasteiger partial charge in [0.15, 0.2) is 0 Å². The first-order valence-corrected chi connectivity index (χ1v) is 8.15. The molecule has 0 fully saturated rings. The fraction of sp³-hybridized carbons (Fsp3) is 0.211. The zero-order chi connectivity index (χ0) is 17.5. The van der Waals surface area contributed by atoms with Gasteiger partial charge in [0.2, 0.25) is 5.91 Å². The molecule has 0 unspecified atom stereocenters. The van der Waals surface area contributed by atoms with Crippen LogP contribution in [0.1, 0.15) is 12.8 Å². The molecule has 1 aliphatic rings. The third-order valence-electron chi connectivity index (χ3n) is 3.70. The van der Waals surface area contributed by atoms with Crippen molar-refractivity contribution in [3.8, 4) is 5.75 Å². The van der Waals surface area contributed by atoms with Gasteiger partial charge in [-0.3, -0.25) is 9.59 Å². The van der Waals surface area contributed by atoms with Crippen LogP contribution in [-0.2, 0) is 9.59 Å². The Labute approximate surface area is 146 Å². The zero-order valence-corrected chi connectivity index (χ0v) is 13.7. The van der Waals surface area contributed by atoms with Crippen molar-refractivity contribution in [2.24, 2.45) is 5.10 Å². The summed E-state index contributed by atoms with van der Waals surface area (Å²) in [5.74, 6) is 0.368. The van der Waals surface area contributed by atoms with Gasteiger partial charge in [0.05, 0.1) is 12.2 Å². The van der Waals surface area contributed by atoms with Crippen molar-refractivity contribution in [1.82, 2.24) is 5.32 Å².